The van der Waals surface area contributed by atoms with E-state index in [-0.39, 0.29) is 18.1 Å². The van der Waals surface area contributed by atoms with E-state index in [0.29, 0.717) is 40.4 Å². The number of nitriles is 2. The Labute approximate surface area is 185 Å². The number of benzene rings is 1. The number of carbonyl (C=O) groups is 1. The van der Waals surface area contributed by atoms with E-state index in [9.17, 15) is 15.3 Å². The quantitative estimate of drug-likeness (QED) is 0.628. The zero-order chi connectivity index (χ0) is 22.7. The molecule has 0 spiro atoms. The molecule has 0 unspecified atom stereocenters. The number of aromatic nitrogens is 4. The number of ether oxygens (including phenoxy) is 1. The molecule has 1 aliphatic heterocycles. The highest BCUT2D eigenvalue weighted by atomic mass is 16.5. The number of carbonyl (C=O) groups excluding carboxylic acids is 1. The Balaban J connectivity index is 1.62. The second-order valence-corrected chi connectivity index (χ2v) is 7.69. The molecule has 0 radical (unpaired) electrons. The van der Waals surface area contributed by atoms with Gasteiger partial charge in [0.15, 0.2) is 0 Å². The third-order valence-corrected chi connectivity index (χ3v) is 5.65. The number of rotatable bonds is 4. The van der Waals surface area contributed by atoms with Crippen molar-refractivity contribution >= 4 is 5.91 Å². The van der Waals surface area contributed by atoms with Crippen LogP contribution in [0.25, 0.3) is 5.69 Å². The Hall–Kier alpha value is -4.24. The lowest BCUT2D eigenvalue weighted by molar-refractivity contribution is 0.0371. The van der Waals surface area contributed by atoms with Crippen LogP contribution in [-0.4, -0.2) is 49.5 Å². The molecule has 3 aromatic rings. The average molecular weight is 427 g/mol. The normalized spacial score (nSPS) is 17.9. The Kier molecular flexibility index (Phi) is 5.82. The van der Waals surface area contributed by atoms with Gasteiger partial charge in [0, 0.05) is 17.8 Å². The van der Waals surface area contributed by atoms with E-state index in [1.807, 2.05) is 6.92 Å². The van der Waals surface area contributed by atoms with Crippen molar-refractivity contribution in [2.75, 3.05) is 6.54 Å². The fourth-order valence-corrected chi connectivity index (χ4v) is 3.81. The standard InChI is InChI=1S/C23H21N7O2/c1-15-3-5-19(32-22-16(2)18(13-25)7-8-26-22)14-29(15)23(31)20-11-17(12-24)4-6-21(20)30-27-9-10-28-30/h4,6-11,15,19H,3,5,14H2,1-2H3/t15-,19-/m1/s1. The number of hydrogen-bond acceptors (Lipinski definition) is 7. The summed E-state index contributed by atoms with van der Waals surface area (Å²) in [6.45, 7) is 4.15. The van der Waals surface area contributed by atoms with Crippen LogP contribution in [-0.2, 0) is 0 Å². The number of hydrogen-bond donors (Lipinski definition) is 0. The summed E-state index contributed by atoms with van der Waals surface area (Å²) in [7, 11) is 0. The van der Waals surface area contributed by atoms with E-state index in [2.05, 4.69) is 27.3 Å². The second-order valence-electron chi connectivity index (χ2n) is 7.69. The van der Waals surface area contributed by atoms with Gasteiger partial charge < -0.3 is 9.64 Å². The molecule has 2 atom stereocenters. The van der Waals surface area contributed by atoms with Gasteiger partial charge in [0.1, 0.15) is 6.10 Å². The number of amides is 1. The van der Waals surface area contributed by atoms with Crippen molar-refractivity contribution in [1.82, 2.24) is 24.9 Å². The molecule has 32 heavy (non-hydrogen) atoms. The minimum atomic E-state index is -0.263. The first-order valence-electron chi connectivity index (χ1n) is 10.3. The zero-order valence-corrected chi connectivity index (χ0v) is 17.8. The molecular weight excluding hydrogens is 406 g/mol. The smallest absolute Gasteiger partial charge is 0.256 e. The summed E-state index contributed by atoms with van der Waals surface area (Å²) in [6, 6.07) is 10.7. The molecule has 9 nitrogen and oxygen atoms in total. The largest absolute Gasteiger partial charge is 0.472 e. The molecule has 4 rings (SSSR count). The van der Waals surface area contributed by atoms with Crippen molar-refractivity contribution in [3.63, 3.8) is 0 Å². The molecule has 1 aliphatic rings. The van der Waals surface area contributed by atoms with Crippen LogP contribution in [0.3, 0.4) is 0 Å². The molecule has 3 heterocycles. The first-order valence-corrected chi connectivity index (χ1v) is 10.3. The first-order chi connectivity index (χ1) is 15.5. The van der Waals surface area contributed by atoms with Crippen molar-refractivity contribution in [3.8, 4) is 23.7 Å². The van der Waals surface area contributed by atoms with Crippen LogP contribution in [0.4, 0.5) is 0 Å². The van der Waals surface area contributed by atoms with Gasteiger partial charge in [-0.15, -0.1) is 0 Å². The summed E-state index contributed by atoms with van der Waals surface area (Å²) in [5.41, 5.74) is 2.44. The second kappa shape index (κ2) is 8.86. The molecule has 0 bridgehead atoms. The Morgan fingerprint density at radius 1 is 1.12 bits per heavy atom. The van der Waals surface area contributed by atoms with Crippen LogP contribution >= 0.6 is 0 Å². The van der Waals surface area contributed by atoms with Crippen LogP contribution in [0.1, 0.15) is 46.8 Å². The van der Waals surface area contributed by atoms with Crippen LogP contribution in [0.15, 0.2) is 42.9 Å². The van der Waals surface area contributed by atoms with Crippen LogP contribution in [0.2, 0.25) is 0 Å². The molecule has 1 saturated heterocycles. The number of nitrogens with zero attached hydrogens (tertiary/aromatic N) is 7. The summed E-state index contributed by atoms with van der Waals surface area (Å²) in [5, 5.41) is 26.9. The van der Waals surface area contributed by atoms with Gasteiger partial charge in [0.25, 0.3) is 5.91 Å². The molecule has 1 fully saturated rings. The third-order valence-electron chi connectivity index (χ3n) is 5.65. The first kappa shape index (κ1) is 21.0. The van der Waals surface area contributed by atoms with Gasteiger partial charge in [-0.3, -0.25) is 4.79 Å². The molecule has 0 aliphatic carbocycles. The molecule has 1 aromatic carbocycles. The van der Waals surface area contributed by atoms with Crippen LogP contribution < -0.4 is 4.74 Å². The monoisotopic (exact) mass is 427 g/mol. The fourth-order valence-electron chi connectivity index (χ4n) is 3.81. The maximum Gasteiger partial charge on any atom is 0.256 e. The van der Waals surface area contributed by atoms with Gasteiger partial charge in [0.05, 0.1) is 53.5 Å². The van der Waals surface area contributed by atoms with E-state index in [4.69, 9.17) is 4.74 Å². The molecule has 160 valence electrons. The van der Waals surface area contributed by atoms with Gasteiger partial charge >= 0.3 is 0 Å². The van der Waals surface area contributed by atoms with E-state index >= 15 is 0 Å². The predicted molar refractivity (Wildman–Crippen MR) is 114 cm³/mol. The van der Waals surface area contributed by atoms with Gasteiger partial charge in [-0.05, 0) is 51.0 Å². The zero-order valence-electron chi connectivity index (χ0n) is 17.8. The van der Waals surface area contributed by atoms with E-state index in [1.165, 1.54) is 17.2 Å². The summed E-state index contributed by atoms with van der Waals surface area (Å²) in [4.78, 5) is 21.0. The lowest BCUT2D eigenvalue weighted by atomic mass is 9.99. The van der Waals surface area contributed by atoms with Gasteiger partial charge in [0.2, 0.25) is 5.88 Å². The van der Waals surface area contributed by atoms with E-state index in [0.717, 1.165) is 12.8 Å². The molecule has 0 saturated carbocycles. The minimum absolute atomic E-state index is 0.00831. The number of pyridine rings is 1. The van der Waals surface area contributed by atoms with Crippen LogP contribution in [0, 0.1) is 29.6 Å². The van der Waals surface area contributed by atoms with Crippen LogP contribution in [0.5, 0.6) is 5.88 Å². The predicted octanol–water partition coefficient (Wildman–Crippen LogP) is 2.79. The van der Waals surface area contributed by atoms with Crippen molar-refractivity contribution in [2.45, 2.75) is 38.8 Å². The minimum Gasteiger partial charge on any atom is -0.472 e. The van der Waals surface area contributed by atoms with Gasteiger partial charge in [-0.25, -0.2) is 4.98 Å². The molecule has 0 N–H and O–H groups in total. The van der Waals surface area contributed by atoms with Crippen molar-refractivity contribution in [1.29, 1.82) is 10.5 Å². The lowest BCUT2D eigenvalue weighted by Crippen LogP contribution is -2.49. The highest BCUT2D eigenvalue weighted by Gasteiger charge is 2.32. The molecule has 2 aromatic heterocycles. The van der Waals surface area contributed by atoms with Gasteiger partial charge in [-0.2, -0.15) is 25.5 Å². The van der Waals surface area contributed by atoms with Crippen molar-refractivity contribution in [2.24, 2.45) is 0 Å². The maximum atomic E-state index is 13.6. The topological polar surface area (TPSA) is 121 Å². The third kappa shape index (κ3) is 4.01. The fraction of sp³-hybridized carbons (Fsp3) is 0.304. The molecular formula is C23H21N7O2. The SMILES string of the molecule is Cc1c(C#N)ccnc1O[C@@H]1CC[C@@H](C)N(C(=O)c2cc(C#N)ccc2-n2nccn2)C1. The van der Waals surface area contributed by atoms with E-state index in [1.54, 1.807) is 42.3 Å². The summed E-state index contributed by atoms with van der Waals surface area (Å²) >= 11 is 0. The highest BCUT2D eigenvalue weighted by molar-refractivity contribution is 5.98. The van der Waals surface area contributed by atoms with Crippen molar-refractivity contribution in [3.05, 3.63) is 65.1 Å². The lowest BCUT2D eigenvalue weighted by Gasteiger charge is -2.38. The maximum absolute atomic E-state index is 13.6. The van der Waals surface area contributed by atoms with E-state index < -0.39 is 0 Å². The molecule has 1 amide bonds. The summed E-state index contributed by atoms with van der Waals surface area (Å²) < 4.78 is 6.10. The average Bonchev–Trinajstić information content (AvgIpc) is 3.35. The number of piperidine rings is 1. The Bertz CT molecular complexity index is 1220. The summed E-state index contributed by atoms with van der Waals surface area (Å²) in [6.07, 6.45) is 5.86. The Morgan fingerprint density at radius 2 is 1.91 bits per heavy atom. The summed E-state index contributed by atoms with van der Waals surface area (Å²) in [5.74, 6) is 0.189. The van der Waals surface area contributed by atoms with Crippen molar-refractivity contribution < 1.29 is 9.53 Å². The number of likely N-dealkylation sites (tertiary alicyclic amines) is 1. The molecule has 9 heteroatoms. The van der Waals surface area contributed by atoms with Gasteiger partial charge in [-0.1, -0.05) is 0 Å². The Morgan fingerprint density at radius 3 is 2.62 bits per heavy atom. The highest BCUT2D eigenvalue weighted by Crippen LogP contribution is 2.27.